The molecule has 0 aromatic carbocycles. The molecule has 0 radical (unpaired) electrons. The molecule has 8 heteroatoms. The van der Waals surface area contributed by atoms with E-state index in [0.717, 1.165) is 0 Å². The summed E-state index contributed by atoms with van der Waals surface area (Å²) < 4.78 is 31.4. The van der Waals surface area contributed by atoms with Gasteiger partial charge < -0.3 is 10.1 Å². The number of nitrogens with one attached hydrogen (secondary N) is 1. The molecule has 0 saturated heterocycles. The molecule has 0 unspecified atom stereocenters. The molecule has 0 fully saturated rings. The number of hydrogen-bond acceptors (Lipinski definition) is 5. The predicted molar refractivity (Wildman–Crippen MR) is 84.3 cm³/mol. The molecule has 120 valence electrons. The predicted octanol–water partition coefficient (Wildman–Crippen LogP) is 2.21. The Hall–Kier alpha value is -0.890. The summed E-state index contributed by atoms with van der Waals surface area (Å²) in [5.74, 6) is 0.476. The average molecular weight is 336 g/mol. The number of pyridine rings is 1. The monoisotopic (exact) mass is 335 g/mol. The number of sulfonamides is 1. The van der Waals surface area contributed by atoms with Gasteiger partial charge in [0.15, 0.2) is 0 Å². The third-order valence-corrected chi connectivity index (χ3v) is 4.84. The first-order valence-corrected chi connectivity index (χ1v) is 8.58. The topological polar surface area (TPSA) is 71.5 Å². The van der Waals surface area contributed by atoms with E-state index < -0.39 is 10.0 Å². The maximum atomic E-state index is 12.4. The molecule has 0 aliphatic heterocycles. The third-order valence-electron chi connectivity index (χ3n) is 2.73. The van der Waals surface area contributed by atoms with Gasteiger partial charge in [0, 0.05) is 26.3 Å². The third kappa shape index (κ3) is 5.10. The van der Waals surface area contributed by atoms with E-state index in [1.54, 1.807) is 0 Å². The minimum Gasteiger partial charge on any atom is -0.377 e. The standard InChI is InChI=1S/C13H22ClN3O3S/c1-5-15-13-12(14)8-11(9-16-13)21(18,19)17(4)6-7-20-10(2)3/h8-10H,5-7H2,1-4H3,(H,15,16). The molecular weight excluding hydrogens is 314 g/mol. The zero-order chi connectivity index (χ0) is 16.0. The number of ether oxygens (including phenoxy) is 1. The van der Waals surface area contributed by atoms with E-state index in [9.17, 15) is 8.42 Å². The van der Waals surface area contributed by atoms with Gasteiger partial charge in [0.1, 0.15) is 10.7 Å². The summed E-state index contributed by atoms with van der Waals surface area (Å²) in [6, 6.07) is 1.40. The minimum atomic E-state index is -3.61. The molecule has 0 aliphatic rings. The molecule has 0 saturated carbocycles. The number of nitrogens with zero attached hydrogens (tertiary/aromatic N) is 2. The van der Waals surface area contributed by atoms with Crippen LogP contribution in [0.2, 0.25) is 5.02 Å². The normalized spacial score (nSPS) is 12.1. The van der Waals surface area contributed by atoms with Gasteiger partial charge in [-0.3, -0.25) is 0 Å². The zero-order valence-electron chi connectivity index (χ0n) is 12.8. The number of likely N-dealkylation sites (N-methyl/N-ethyl adjacent to an activating group) is 1. The Bertz CT molecular complexity index is 564. The summed E-state index contributed by atoms with van der Waals surface area (Å²) in [5.41, 5.74) is 0. The van der Waals surface area contributed by atoms with Gasteiger partial charge in [0.2, 0.25) is 10.0 Å². The highest BCUT2D eigenvalue weighted by atomic mass is 35.5. The second-order valence-corrected chi connectivity index (χ2v) is 7.23. The quantitative estimate of drug-likeness (QED) is 0.788. The number of halogens is 1. The van der Waals surface area contributed by atoms with Crippen molar-refractivity contribution in [3.63, 3.8) is 0 Å². The van der Waals surface area contributed by atoms with Crippen LogP contribution in [0.4, 0.5) is 5.82 Å². The van der Waals surface area contributed by atoms with Crippen molar-refractivity contribution < 1.29 is 13.2 Å². The Labute approximate surface area is 131 Å². The van der Waals surface area contributed by atoms with E-state index in [2.05, 4.69) is 10.3 Å². The van der Waals surface area contributed by atoms with Crippen molar-refractivity contribution in [3.05, 3.63) is 17.3 Å². The van der Waals surface area contributed by atoms with Crippen LogP contribution < -0.4 is 5.32 Å². The molecule has 6 nitrogen and oxygen atoms in total. The van der Waals surface area contributed by atoms with Crippen LogP contribution in [-0.4, -0.2) is 50.6 Å². The van der Waals surface area contributed by atoms with Crippen LogP contribution in [0.5, 0.6) is 0 Å². The average Bonchev–Trinajstić information content (AvgIpc) is 2.40. The SMILES string of the molecule is CCNc1ncc(S(=O)(=O)N(C)CCOC(C)C)cc1Cl. The van der Waals surface area contributed by atoms with Gasteiger partial charge in [-0.05, 0) is 26.8 Å². The number of rotatable bonds is 8. The van der Waals surface area contributed by atoms with Gasteiger partial charge in [-0.15, -0.1) is 0 Å². The van der Waals surface area contributed by atoms with Crippen LogP contribution >= 0.6 is 11.6 Å². The molecule has 0 bridgehead atoms. The highest BCUT2D eigenvalue weighted by molar-refractivity contribution is 7.89. The van der Waals surface area contributed by atoms with Gasteiger partial charge in [0.25, 0.3) is 0 Å². The van der Waals surface area contributed by atoms with Crippen LogP contribution in [-0.2, 0) is 14.8 Å². The highest BCUT2D eigenvalue weighted by Crippen LogP contribution is 2.23. The fourth-order valence-electron chi connectivity index (χ4n) is 1.58. The van der Waals surface area contributed by atoms with E-state index in [0.29, 0.717) is 19.0 Å². The summed E-state index contributed by atoms with van der Waals surface area (Å²) in [4.78, 5) is 4.12. The Morgan fingerprint density at radius 3 is 2.67 bits per heavy atom. The lowest BCUT2D eigenvalue weighted by molar-refractivity contribution is 0.0737. The van der Waals surface area contributed by atoms with E-state index in [1.807, 2.05) is 20.8 Å². The lowest BCUT2D eigenvalue weighted by Crippen LogP contribution is -2.31. The number of aromatic nitrogens is 1. The maximum absolute atomic E-state index is 12.4. The summed E-state index contributed by atoms with van der Waals surface area (Å²) >= 11 is 6.03. The van der Waals surface area contributed by atoms with E-state index >= 15 is 0 Å². The first-order valence-electron chi connectivity index (χ1n) is 6.76. The van der Waals surface area contributed by atoms with Crippen LogP contribution in [0.3, 0.4) is 0 Å². The van der Waals surface area contributed by atoms with Crippen molar-refractivity contribution in [2.45, 2.75) is 31.8 Å². The first kappa shape index (κ1) is 18.2. The first-order chi connectivity index (χ1) is 9.78. The second-order valence-electron chi connectivity index (χ2n) is 4.78. The maximum Gasteiger partial charge on any atom is 0.244 e. The summed E-state index contributed by atoms with van der Waals surface area (Å²) in [6.07, 6.45) is 1.37. The Balaban J connectivity index is 2.84. The molecular formula is C13H22ClN3O3S. The van der Waals surface area contributed by atoms with Crippen molar-refractivity contribution in [3.8, 4) is 0 Å². The van der Waals surface area contributed by atoms with Gasteiger partial charge >= 0.3 is 0 Å². The molecule has 1 heterocycles. The Kier molecular flexibility index (Phi) is 6.86. The minimum absolute atomic E-state index is 0.0663. The van der Waals surface area contributed by atoms with Crippen molar-refractivity contribution in [1.82, 2.24) is 9.29 Å². The summed E-state index contributed by atoms with van der Waals surface area (Å²) in [7, 11) is -2.11. The van der Waals surface area contributed by atoms with Crippen LogP contribution in [0.15, 0.2) is 17.2 Å². The van der Waals surface area contributed by atoms with E-state index in [-0.39, 0.29) is 22.6 Å². The smallest absolute Gasteiger partial charge is 0.244 e. The molecule has 21 heavy (non-hydrogen) atoms. The van der Waals surface area contributed by atoms with Crippen molar-refractivity contribution in [2.75, 3.05) is 32.1 Å². The van der Waals surface area contributed by atoms with Crippen LogP contribution in [0.1, 0.15) is 20.8 Å². The van der Waals surface area contributed by atoms with Crippen molar-refractivity contribution in [2.24, 2.45) is 0 Å². The number of hydrogen-bond donors (Lipinski definition) is 1. The van der Waals surface area contributed by atoms with Gasteiger partial charge in [0.05, 0.1) is 17.7 Å². The molecule has 0 aliphatic carbocycles. The molecule has 1 N–H and O–H groups in total. The summed E-state index contributed by atoms with van der Waals surface area (Å²) in [5, 5.41) is 3.24. The fraction of sp³-hybridized carbons (Fsp3) is 0.615. The molecule has 0 atom stereocenters. The van der Waals surface area contributed by atoms with Crippen LogP contribution in [0, 0.1) is 0 Å². The fourth-order valence-corrected chi connectivity index (χ4v) is 3.00. The van der Waals surface area contributed by atoms with Crippen LogP contribution in [0.25, 0.3) is 0 Å². The summed E-state index contributed by atoms with van der Waals surface area (Å²) in [6.45, 7) is 6.98. The lowest BCUT2D eigenvalue weighted by atomic mass is 10.4. The van der Waals surface area contributed by atoms with E-state index in [4.69, 9.17) is 16.3 Å². The van der Waals surface area contributed by atoms with Gasteiger partial charge in [-0.2, -0.15) is 4.31 Å². The van der Waals surface area contributed by atoms with E-state index in [1.165, 1.54) is 23.6 Å². The lowest BCUT2D eigenvalue weighted by Gasteiger charge is -2.18. The van der Waals surface area contributed by atoms with Gasteiger partial charge in [-0.1, -0.05) is 11.6 Å². The van der Waals surface area contributed by atoms with Gasteiger partial charge in [-0.25, -0.2) is 13.4 Å². The molecule has 0 amide bonds. The van der Waals surface area contributed by atoms with Crippen molar-refractivity contribution in [1.29, 1.82) is 0 Å². The highest BCUT2D eigenvalue weighted by Gasteiger charge is 2.22. The largest absolute Gasteiger partial charge is 0.377 e. The number of anilines is 1. The second kappa shape index (κ2) is 7.93. The molecule has 0 spiro atoms. The molecule has 1 rings (SSSR count). The molecule has 1 aromatic heterocycles. The van der Waals surface area contributed by atoms with Crippen molar-refractivity contribution >= 4 is 27.4 Å². The molecule has 1 aromatic rings. The Morgan fingerprint density at radius 2 is 2.14 bits per heavy atom. The zero-order valence-corrected chi connectivity index (χ0v) is 14.3. The Morgan fingerprint density at radius 1 is 1.48 bits per heavy atom.